The lowest BCUT2D eigenvalue weighted by molar-refractivity contribution is 0.0481. The minimum atomic E-state index is -1.82. The first-order valence-corrected chi connectivity index (χ1v) is 16.0. The first-order valence-electron chi connectivity index (χ1n) is 13.1. The summed E-state index contributed by atoms with van der Waals surface area (Å²) < 4.78 is 20.2. The summed E-state index contributed by atoms with van der Waals surface area (Å²) in [5, 5.41) is 0.214. The number of hydrogen-bond acceptors (Lipinski definition) is 1. The van der Waals surface area contributed by atoms with E-state index in [2.05, 4.69) is 59.0 Å². The second-order valence-corrected chi connectivity index (χ2v) is 17.6. The van der Waals surface area contributed by atoms with Crippen LogP contribution in [0, 0.1) is 23.1 Å². The van der Waals surface area contributed by atoms with Crippen LogP contribution in [0.15, 0.2) is 42.5 Å². The lowest BCUT2D eigenvalue weighted by atomic mass is 9.53. The normalized spacial score (nSPS) is 31.5. The number of rotatable bonds is 3. The summed E-state index contributed by atoms with van der Waals surface area (Å²) in [5.74, 6) is 3.79. The molecule has 0 N–H and O–H groups in total. The van der Waals surface area contributed by atoms with Gasteiger partial charge in [0.15, 0.2) is 0 Å². The molecule has 5 atom stereocenters. The average molecular weight is 465 g/mol. The molecule has 5 rings (SSSR count). The van der Waals surface area contributed by atoms with Crippen LogP contribution in [-0.4, -0.2) is 8.32 Å². The van der Waals surface area contributed by atoms with Gasteiger partial charge in [0, 0.05) is 0 Å². The predicted octanol–water partition coefficient (Wildman–Crippen LogP) is 8.85. The zero-order chi connectivity index (χ0) is 23.6. The molecule has 0 unspecified atom stereocenters. The molecule has 2 fully saturated rings. The Morgan fingerprint density at radius 2 is 1.70 bits per heavy atom. The van der Waals surface area contributed by atoms with Crippen LogP contribution in [0.5, 0.6) is 5.75 Å². The SMILES string of the molecule is CC(C)(C)[Si](C)(C)Oc1ccc2c(c1)CC[C@@H]1[C@@H]2CC[C@]2(C)[C@@H](c3ccc(F)cc3)CC[C@@H]12. The van der Waals surface area contributed by atoms with Crippen LogP contribution in [0.25, 0.3) is 0 Å². The van der Waals surface area contributed by atoms with Crippen LogP contribution >= 0.6 is 0 Å². The zero-order valence-corrected chi connectivity index (χ0v) is 22.4. The van der Waals surface area contributed by atoms with Gasteiger partial charge in [-0.2, -0.15) is 0 Å². The van der Waals surface area contributed by atoms with Crippen molar-refractivity contribution in [3.63, 3.8) is 0 Å². The van der Waals surface area contributed by atoms with Crippen molar-refractivity contribution in [1.29, 1.82) is 0 Å². The highest BCUT2D eigenvalue weighted by molar-refractivity contribution is 6.74. The fraction of sp³-hybridized carbons (Fsp3) is 0.600. The third-order valence-electron chi connectivity index (χ3n) is 10.1. The van der Waals surface area contributed by atoms with Crippen molar-refractivity contribution in [3.05, 3.63) is 65.0 Å². The molecule has 3 aliphatic carbocycles. The van der Waals surface area contributed by atoms with E-state index in [4.69, 9.17) is 4.43 Å². The average Bonchev–Trinajstić information content (AvgIpc) is 3.10. The highest BCUT2D eigenvalue weighted by atomic mass is 28.4. The van der Waals surface area contributed by atoms with Gasteiger partial charge in [0.1, 0.15) is 11.6 Å². The molecule has 0 saturated heterocycles. The van der Waals surface area contributed by atoms with Gasteiger partial charge in [0.05, 0.1) is 0 Å². The zero-order valence-electron chi connectivity index (χ0n) is 21.4. The standard InChI is InChI=1S/C30H41FOSi/c1-29(2,3)33(5,6)32-23-12-14-24-21(19-23)9-13-26-25(24)17-18-30(4)27(15-16-28(26)30)20-7-10-22(31)11-8-20/h7-8,10-12,14,19,25-28H,9,13,15-18H2,1-6H3/t25-,26-,27-,28+,30-/m1/s1. The van der Waals surface area contributed by atoms with Gasteiger partial charge in [-0.1, -0.05) is 45.9 Å². The third kappa shape index (κ3) is 3.89. The van der Waals surface area contributed by atoms with Crippen LogP contribution in [0.3, 0.4) is 0 Å². The maximum Gasteiger partial charge on any atom is 0.250 e. The highest BCUT2D eigenvalue weighted by Gasteiger charge is 2.55. The molecule has 0 spiro atoms. The van der Waals surface area contributed by atoms with Crippen molar-refractivity contribution in [3.8, 4) is 5.75 Å². The predicted molar refractivity (Wildman–Crippen MR) is 138 cm³/mol. The van der Waals surface area contributed by atoms with Crippen molar-refractivity contribution in [2.75, 3.05) is 0 Å². The second-order valence-electron chi connectivity index (χ2n) is 12.9. The summed E-state index contributed by atoms with van der Waals surface area (Å²) in [6.07, 6.45) is 7.62. The van der Waals surface area contributed by atoms with E-state index in [0.717, 1.165) is 17.6 Å². The smallest absolute Gasteiger partial charge is 0.250 e. The van der Waals surface area contributed by atoms with Gasteiger partial charge in [-0.25, -0.2) is 4.39 Å². The summed E-state index contributed by atoms with van der Waals surface area (Å²) in [7, 11) is -1.82. The number of benzene rings is 2. The monoisotopic (exact) mass is 464 g/mol. The maximum atomic E-state index is 13.5. The van der Waals surface area contributed by atoms with Gasteiger partial charge in [0.2, 0.25) is 8.32 Å². The number of hydrogen-bond donors (Lipinski definition) is 0. The van der Waals surface area contributed by atoms with Crippen molar-refractivity contribution < 1.29 is 8.82 Å². The largest absolute Gasteiger partial charge is 0.543 e. The summed E-state index contributed by atoms with van der Waals surface area (Å²) in [6, 6.07) is 14.4. The molecule has 2 aromatic carbocycles. The molecule has 0 heterocycles. The maximum absolute atomic E-state index is 13.5. The van der Waals surface area contributed by atoms with Crippen LogP contribution in [0.2, 0.25) is 18.1 Å². The molecule has 178 valence electrons. The molecule has 0 aromatic heterocycles. The number of aryl methyl sites for hydroxylation is 1. The van der Waals surface area contributed by atoms with E-state index in [-0.39, 0.29) is 10.9 Å². The van der Waals surface area contributed by atoms with Gasteiger partial charge in [-0.3, -0.25) is 0 Å². The Bertz CT molecular complexity index is 1020. The van der Waals surface area contributed by atoms with Crippen LogP contribution in [0.4, 0.5) is 4.39 Å². The molecule has 3 heteroatoms. The van der Waals surface area contributed by atoms with Crippen LogP contribution < -0.4 is 4.43 Å². The Morgan fingerprint density at radius 3 is 2.39 bits per heavy atom. The van der Waals surface area contributed by atoms with Crippen molar-refractivity contribution in [2.45, 2.75) is 96.2 Å². The first-order chi connectivity index (χ1) is 15.5. The summed E-state index contributed by atoms with van der Waals surface area (Å²) in [4.78, 5) is 0. The van der Waals surface area contributed by atoms with E-state index >= 15 is 0 Å². The first kappa shape index (κ1) is 23.1. The van der Waals surface area contributed by atoms with Gasteiger partial charge in [-0.05, 0) is 127 Å². The molecular formula is C30H41FOSi. The molecule has 0 amide bonds. The van der Waals surface area contributed by atoms with Crippen LogP contribution in [0.1, 0.15) is 88.3 Å². The van der Waals surface area contributed by atoms with E-state index in [1.165, 1.54) is 49.7 Å². The van der Waals surface area contributed by atoms with Crippen molar-refractivity contribution in [2.24, 2.45) is 17.3 Å². The van der Waals surface area contributed by atoms with Crippen molar-refractivity contribution >= 4 is 8.32 Å². The molecule has 2 aromatic rings. The fourth-order valence-corrected chi connectivity index (χ4v) is 8.33. The summed E-state index contributed by atoms with van der Waals surface area (Å²) in [6.45, 7) is 14.1. The van der Waals surface area contributed by atoms with Gasteiger partial charge >= 0.3 is 0 Å². The van der Waals surface area contributed by atoms with E-state index in [9.17, 15) is 4.39 Å². The van der Waals surface area contributed by atoms with Crippen molar-refractivity contribution in [1.82, 2.24) is 0 Å². The Morgan fingerprint density at radius 1 is 0.970 bits per heavy atom. The Kier molecular flexibility index (Phi) is 5.59. The number of halogens is 1. The quantitative estimate of drug-likeness (QED) is 0.412. The minimum absolute atomic E-state index is 0.122. The lowest BCUT2D eigenvalue weighted by Crippen LogP contribution is -2.44. The molecule has 0 bridgehead atoms. The van der Waals surface area contributed by atoms with Gasteiger partial charge < -0.3 is 4.43 Å². The summed E-state index contributed by atoms with van der Waals surface area (Å²) in [5.41, 5.74) is 4.83. The molecule has 2 saturated carbocycles. The molecule has 33 heavy (non-hydrogen) atoms. The Hall–Kier alpha value is -1.61. The Labute approximate surface area is 201 Å². The second kappa shape index (κ2) is 7.97. The summed E-state index contributed by atoms with van der Waals surface area (Å²) >= 11 is 0. The number of fused-ring (bicyclic) bond motifs is 5. The third-order valence-corrected chi connectivity index (χ3v) is 14.5. The minimum Gasteiger partial charge on any atom is -0.543 e. The van der Waals surface area contributed by atoms with Gasteiger partial charge in [0.25, 0.3) is 0 Å². The van der Waals surface area contributed by atoms with E-state index in [1.54, 1.807) is 17.7 Å². The molecule has 1 nitrogen and oxygen atoms in total. The van der Waals surface area contributed by atoms with E-state index in [0.29, 0.717) is 17.3 Å². The Balaban J connectivity index is 1.38. The lowest BCUT2D eigenvalue weighted by Gasteiger charge is -2.51. The van der Waals surface area contributed by atoms with E-state index < -0.39 is 8.32 Å². The van der Waals surface area contributed by atoms with Crippen LogP contribution in [-0.2, 0) is 6.42 Å². The topological polar surface area (TPSA) is 9.23 Å². The molecule has 0 radical (unpaired) electrons. The fourth-order valence-electron chi connectivity index (χ4n) is 7.31. The van der Waals surface area contributed by atoms with E-state index in [1.807, 2.05) is 12.1 Å². The molecular weight excluding hydrogens is 423 g/mol. The molecule has 3 aliphatic rings. The van der Waals surface area contributed by atoms with Gasteiger partial charge in [-0.15, -0.1) is 0 Å². The molecule has 0 aliphatic heterocycles. The highest BCUT2D eigenvalue weighted by Crippen LogP contribution is 2.65.